The summed E-state index contributed by atoms with van der Waals surface area (Å²) in [7, 11) is 1.70. The number of anilines is 1. The quantitative estimate of drug-likeness (QED) is 0.705. The van der Waals surface area contributed by atoms with Gasteiger partial charge in [0.1, 0.15) is 0 Å². The average molecular weight is 302 g/mol. The van der Waals surface area contributed by atoms with Gasteiger partial charge in [0, 0.05) is 12.2 Å². The lowest BCUT2D eigenvalue weighted by molar-refractivity contribution is -0.122. The number of para-hydroxylation sites is 1. The van der Waals surface area contributed by atoms with E-state index in [1.165, 1.54) is 0 Å². The second kappa shape index (κ2) is 9.53. The van der Waals surface area contributed by atoms with Crippen LogP contribution in [0.5, 0.6) is 0 Å². The Morgan fingerprint density at radius 2 is 1.91 bits per heavy atom. The van der Waals surface area contributed by atoms with Gasteiger partial charge in [-0.1, -0.05) is 25.1 Å². The van der Waals surface area contributed by atoms with E-state index in [4.69, 9.17) is 5.26 Å². The predicted octanol–water partition coefficient (Wildman–Crippen LogP) is 1.15. The average Bonchev–Trinajstić information content (AvgIpc) is 2.47. The molecule has 22 heavy (non-hydrogen) atoms. The van der Waals surface area contributed by atoms with Gasteiger partial charge in [0.15, 0.2) is 0 Å². The number of carbonyl (C=O) groups is 2. The number of rotatable bonds is 8. The Morgan fingerprint density at radius 3 is 2.59 bits per heavy atom. The van der Waals surface area contributed by atoms with Crippen LogP contribution in [0.25, 0.3) is 0 Å². The summed E-state index contributed by atoms with van der Waals surface area (Å²) < 4.78 is 0. The van der Waals surface area contributed by atoms with Crippen LogP contribution < -0.4 is 10.6 Å². The van der Waals surface area contributed by atoms with Crippen LogP contribution in [0, 0.1) is 11.3 Å². The van der Waals surface area contributed by atoms with Crippen molar-refractivity contribution in [3.63, 3.8) is 0 Å². The smallest absolute Gasteiger partial charge is 0.238 e. The first kappa shape index (κ1) is 17.7. The molecule has 118 valence electrons. The minimum atomic E-state index is -0.195. The van der Waals surface area contributed by atoms with Gasteiger partial charge in [-0.3, -0.25) is 14.5 Å². The van der Waals surface area contributed by atoms with E-state index in [1.54, 1.807) is 11.9 Å². The first-order valence-corrected chi connectivity index (χ1v) is 7.26. The van der Waals surface area contributed by atoms with E-state index in [0.717, 1.165) is 17.7 Å². The Kier molecular flexibility index (Phi) is 7.65. The number of carbonyl (C=O) groups excluding carboxylic acids is 2. The van der Waals surface area contributed by atoms with Crippen LogP contribution >= 0.6 is 0 Å². The zero-order valence-electron chi connectivity index (χ0n) is 13.1. The van der Waals surface area contributed by atoms with Gasteiger partial charge >= 0.3 is 0 Å². The third-order valence-corrected chi connectivity index (χ3v) is 3.06. The van der Waals surface area contributed by atoms with Crippen molar-refractivity contribution in [1.29, 1.82) is 5.26 Å². The number of hydrogen-bond donors (Lipinski definition) is 2. The zero-order valence-corrected chi connectivity index (χ0v) is 13.1. The van der Waals surface area contributed by atoms with E-state index in [2.05, 4.69) is 10.6 Å². The first-order valence-electron chi connectivity index (χ1n) is 7.26. The van der Waals surface area contributed by atoms with Gasteiger partial charge in [-0.2, -0.15) is 5.26 Å². The molecule has 0 radical (unpaired) electrons. The van der Waals surface area contributed by atoms with Crippen LogP contribution in [-0.2, 0) is 16.0 Å². The molecule has 0 aliphatic rings. The maximum Gasteiger partial charge on any atom is 0.238 e. The molecule has 0 heterocycles. The zero-order chi connectivity index (χ0) is 16.4. The number of nitriles is 1. The molecule has 0 unspecified atom stereocenters. The third-order valence-electron chi connectivity index (χ3n) is 3.06. The van der Waals surface area contributed by atoms with Crippen molar-refractivity contribution in [2.45, 2.75) is 19.8 Å². The monoisotopic (exact) mass is 302 g/mol. The second-order valence-corrected chi connectivity index (χ2v) is 4.99. The number of amides is 2. The van der Waals surface area contributed by atoms with Crippen LogP contribution in [0.4, 0.5) is 5.69 Å². The molecule has 1 aromatic rings. The van der Waals surface area contributed by atoms with Crippen LogP contribution in [-0.4, -0.2) is 43.4 Å². The number of nitrogens with zero attached hydrogens (tertiary/aromatic N) is 2. The maximum atomic E-state index is 12.0. The van der Waals surface area contributed by atoms with Gasteiger partial charge in [0.25, 0.3) is 0 Å². The van der Waals surface area contributed by atoms with Crippen LogP contribution in [0.2, 0.25) is 0 Å². The Hall–Kier alpha value is -2.39. The van der Waals surface area contributed by atoms with E-state index in [1.807, 2.05) is 37.3 Å². The number of aryl methyl sites for hydroxylation is 1. The van der Waals surface area contributed by atoms with Crippen LogP contribution in [0.15, 0.2) is 24.3 Å². The number of nitrogens with one attached hydrogen (secondary N) is 2. The largest absolute Gasteiger partial charge is 0.354 e. The highest BCUT2D eigenvalue weighted by Crippen LogP contribution is 2.15. The van der Waals surface area contributed by atoms with Crippen LogP contribution in [0.3, 0.4) is 0 Å². The third kappa shape index (κ3) is 6.37. The van der Waals surface area contributed by atoms with Gasteiger partial charge in [0.05, 0.1) is 25.6 Å². The fraction of sp³-hybridized carbons (Fsp3) is 0.438. The Balaban J connectivity index is 2.41. The van der Waals surface area contributed by atoms with Crippen molar-refractivity contribution < 1.29 is 9.59 Å². The highest BCUT2D eigenvalue weighted by atomic mass is 16.2. The predicted molar refractivity (Wildman–Crippen MR) is 85.2 cm³/mol. The van der Waals surface area contributed by atoms with Crippen molar-refractivity contribution in [2.75, 3.05) is 32.0 Å². The molecule has 0 fully saturated rings. The number of likely N-dealkylation sites (N-methyl/N-ethyl adjacent to an activating group) is 1. The highest BCUT2D eigenvalue weighted by Gasteiger charge is 2.11. The molecule has 0 saturated heterocycles. The minimum Gasteiger partial charge on any atom is -0.354 e. The Morgan fingerprint density at radius 1 is 1.23 bits per heavy atom. The van der Waals surface area contributed by atoms with Crippen molar-refractivity contribution >= 4 is 17.5 Å². The maximum absolute atomic E-state index is 12.0. The SMILES string of the molecule is CCc1ccccc1NC(=O)CN(C)CC(=O)NCCC#N. The van der Waals surface area contributed by atoms with Crippen molar-refractivity contribution in [3.8, 4) is 6.07 Å². The molecule has 0 aromatic heterocycles. The van der Waals surface area contributed by atoms with Gasteiger partial charge in [-0.15, -0.1) is 0 Å². The molecule has 0 aliphatic carbocycles. The van der Waals surface area contributed by atoms with Gasteiger partial charge in [-0.05, 0) is 25.1 Å². The summed E-state index contributed by atoms with van der Waals surface area (Å²) in [5.74, 6) is -0.354. The van der Waals surface area contributed by atoms with Gasteiger partial charge in [0.2, 0.25) is 11.8 Å². The molecule has 2 N–H and O–H groups in total. The molecule has 0 spiro atoms. The molecule has 1 aromatic carbocycles. The minimum absolute atomic E-state index is 0.119. The van der Waals surface area contributed by atoms with Gasteiger partial charge < -0.3 is 10.6 Å². The molecule has 0 bridgehead atoms. The number of benzene rings is 1. The summed E-state index contributed by atoms with van der Waals surface area (Å²) in [6.45, 7) is 2.61. The Labute approximate surface area is 131 Å². The summed E-state index contributed by atoms with van der Waals surface area (Å²) in [5, 5.41) is 13.9. The first-order chi connectivity index (χ1) is 10.6. The summed E-state index contributed by atoms with van der Waals surface area (Å²) in [4.78, 5) is 25.2. The highest BCUT2D eigenvalue weighted by molar-refractivity contribution is 5.93. The van der Waals surface area contributed by atoms with E-state index < -0.39 is 0 Å². The molecule has 0 aliphatic heterocycles. The number of hydrogen-bond acceptors (Lipinski definition) is 4. The summed E-state index contributed by atoms with van der Waals surface area (Å²) in [6.07, 6.45) is 1.12. The van der Waals surface area contributed by atoms with Crippen molar-refractivity contribution in [2.24, 2.45) is 0 Å². The molecular weight excluding hydrogens is 280 g/mol. The molecular formula is C16H22N4O2. The van der Waals surface area contributed by atoms with Gasteiger partial charge in [-0.25, -0.2) is 0 Å². The lowest BCUT2D eigenvalue weighted by Gasteiger charge is -2.16. The molecule has 2 amide bonds. The van der Waals surface area contributed by atoms with E-state index in [0.29, 0.717) is 6.54 Å². The van der Waals surface area contributed by atoms with E-state index >= 15 is 0 Å². The summed E-state index contributed by atoms with van der Waals surface area (Å²) in [5.41, 5.74) is 1.88. The molecule has 0 atom stereocenters. The standard InChI is InChI=1S/C16H22N4O2/c1-3-13-7-4-5-8-14(13)19-16(22)12-20(2)11-15(21)18-10-6-9-17/h4-5,7-8H,3,6,10-12H2,1-2H3,(H,18,21)(H,19,22). The van der Waals surface area contributed by atoms with Crippen molar-refractivity contribution in [3.05, 3.63) is 29.8 Å². The molecule has 6 heteroatoms. The second-order valence-electron chi connectivity index (χ2n) is 4.99. The molecule has 1 rings (SSSR count). The summed E-state index contributed by atoms with van der Waals surface area (Å²) in [6, 6.07) is 9.61. The van der Waals surface area contributed by atoms with Crippen molar-refractivity contribution in [1.82, 2.24) is 10.2 Å². The Bertz CT molecular complexity index is 551. The van der Waals surface area contributed by atoms with E-state index in [9.17, 15) is 9.59 Å². The summed E-state index contributed by atoms with van der Waals surface area (Å²) >= 11 is 0. The molecule has 0 saturated carbocycles. The lowest BCUT2D eigenvalue weighted by atomic mass is 10.1. The lowest BCUT2D eigenvalue weighted by Crippen LogP contribution is -2.39. The fourth-order valence-electron chi connectivity index (χ4n) is 2.00. The topological polar surface area (TPSA) is 85.2 Å². The van der Waals surface area contributed by atoms with Crippen LogP contribution in [0.1, 0.15) is 18.9 Å². The molecule has 6 nitrogen and oxygen atoms in total. The fourth-order valence-corrected chi connectivity index (χ4v) is 2.00. The van der Waals surface area contributed by atoms with E-state index in [-0.39, 0.29) is 31.3 Å². The normalized spacial score (nSPS) is 10.1.